The Morgan fingerprint density at radius 3 is 2.52 bits per heavy atom. The van der Waals surface area contributed by atoms with Crippen molar-refractivity contribution >= 4 is 5.97 Å². The van der Waals surface area contributed by atoms with E-state index in [1.165, 1.54) is 0 Å². The van der Waals surface area contributed by atoms with Crippen molar-refractivity contribution in [3.05, 3.63) is 60.3 Å². The molecule has 0 aromatic heterocycles. The minimum Gasteiger partial charge on any atom is -0.462 e. The number of benzene rings is 1. The molecule has 1 aliphatic heterocycles. The average molecular weight is 313 g/mol. The molecule has 0 fully saturated rings. The number of nitrogens with zero attached hydrogens (tertiary/aromatic N) is 1. The lowest BCUT2D eigenvalue weighted by Crippen LogP contribution is -2.43. The van der Waals surface area contributed by atoms with Crippen molar-refractivity contribution in [2.75, 3.05) is 6.54 Å². The van der Waals surface area contributed by atoms with E-state index in [9.17, 15) is 4.79 Å². The molecule has 1 heterocycles. The van der Waals surface area contributed by atoms with Crippen molar-refractivity contribution in [3.8, 4) is 0 Å². The van der Waals surface area contributed by atoms with Crippen LogP contribution in [-0.4, -0.2) is 29.1 Å². The molecular weight excluding hydrogens is 286 g/mol. The minimum atomic E-state index is -0.237. The predicted molar refractivity (Wildman–Crippen MR) is 94.1 cm³/mol. The van der Waals surface area contributed by atoms with E-state index >= 15 is 0 Å². The number of hydrogen-bond acceptors (Lipinski definition) is 3. The largest absolute Gasteiger partial charge is 0.462 e. The molecule has 0 amide bonds. The quantitative estimate of drug-likeness (QED) is 0.734. The molecule has 3 nitrogen and oxygen atoms in total. The summed E-state index contributed by atoms with van der Waals surface area (Å²) in [6.07, 6.45) is 9.00. The van der Waals surface area contributed by atoms with Crippen LogP contribution in [0.5, 0.6) is 0 Å². The van der Waals surface area contributed by atoms with Crippen molar-refractivity contribution in [3.63, 3.8) is 0 Å². The van der Waals surface area contributed by atoms with Gasteiger partial charge in [0.05, 0.1) is 5.92 Å². The topological polar surface area (TPSA) is 29.5 Å². The zero-order chi connectivity index (χ0) is 16.9. The summed E-state index contributed by atoms with van der Waals surface area (Å²) < 4.78 is 5.69. The van der Waals surface area contributed by atoms with Gasteiger partial charge in [0.1, 0.15) is 6.10 Å². The van der Waals surface area contributed by atoms with Crippen LogP contribution in [0.4, 0.5) is 0 Å². The van der Waals surface area contributed by atoms with E-state index in [0.29, 0.717) is 0 Å². The lowest BCUT2D eigenvalue weighted by Gasteiger charge is -2.39. The summed E-state index contributed by atoms with van der Waals surface area (Å²) in [4.78, 5) is 14.6. The highest BCUT2D eigenvalue weighted by atomic mass is 16.5. The van der Waals surface area contributed by atoms with Crippen molar-refractivity contribution < 1.29 is 9.53 Å². The maximum atomic E-state index is 12.4. The van der Waals surface area contributed by atoms with Crippen LogP contribution in [0.25, 0.3) is 0 Å². The van der Waals surface area contributed by atoms with Gasteiger partial charge in [-0.05, 0) is 45.5 Å². The van der Waals surface area contributed by atoms with Crippen molar-refractivity contribution in [2.45, 2.75) is 51.7 Å². The molecule has 3 heteroatoms. The van der Waals surface area contributed by atoms with E-state index < -0.39 is 0 Å². The van der Waals surface area contributed by atoms with E-state index in [2.05, 4.69) is 37.1 Å². The van der Waals surface area contributed by atoms with E-state index in [1.807, 2.05) is 50.3 Å². The van der Waals surface area contributed by atoms with Gasteiger partial charge in [-0.2, -0.15) is 0 Å². The second-order valence-electron chi connectivity index (χ2n) is 6.82. The number of allylic oxidation sites excluding steroid dienone is 2. The fourth-order valence-electron chi connectivity index (χ4n) is 2.96. The zero-order valence-electron chi connectivity index (χ0n) is 14.5. The number of carbonyl (C=O) groups is 1. The summed E-state index contributed by atoms with van der Waals surface area (Å²) >= 11 is 0. The van der Waals surface area contributed by atoms with Crippen LogP contribution < -0.4 is 0 Å². The van der Waals surface area contributed by atoms with Crippen LogP contribution in [0.1, 0.15) is 45.6 Å². The molecule has 0 spiro atoms. The Balaban J connectivity index is 1.91. The first-order valence-electron chi connectivity index (χ1n) is 8.25. The Kier molecular flexibility index (Phi) is 5.64. The highest BCUT2D eigenvalue weighted by Crippen LogP contribution is 2.25. The molecule has 1 aromatic carbocycles. The molecule has 124 valence electrons. The standard InChI is InChI=1S/C20H27NO2/c1-16(15-20(3,4)21-13-9-6-10-14-21)23-19(22)17(2)18-11-7-5-8-12-18/h5-13,16-17H,14-15H2,1-4H3/t16?,17-/m1/s1. The molecule has 0 saturated carbocycles. The molecule has 23 heavy (non-hydrogen) atoms. The first-order chi connectivity index (χ1) is 10.9. The monoisotopic (exact) mass is 313 g/mol. The van der Waals surface area contributed by atoms with Crippen LogP contribution >= 0.6 is 0 Å². The summed E-state index contributed by atoms with van der Waals surface area (Å²) in [5, 5.41) is 0. The molecular formula is C20H27NO2. The minimum absolute atomic E-state index is 0.0586. The van der Waals surface area contributed by atoms with E-state index in [0.717, 1.165) is 18.5 Å². The normalized spacial score (nSPS) is 17.0. The Hall–Kier alpha value is -2.03. The van der Waals surface area contributed by atoms with Gasteiger partial charge in [-0.3, -0.25) is 4.79 Å². The molecule has 0 aliphatic carbocycles. The van der Waals surface area contributed by atoms with E-state index in [1.54, 1.807) is 0 Å². The number of rotatable bonds is 6. The first kappa shape index (κ1) is 17.3. The third kappa shape index (κ3) is 4.72. The molecule has 0 N–H and O–H groups in total. The maximum absolute atomic E-state index is 12.4. The predicted octanol–water partition coefficient (Wildman–Crippen LogP) is 4.28. The van der Waals surface area contributed by atoms with Crippen LogP contribution in [0.2, 0.25) is 0 Å². The summed E-state index contributed by atoms with van der Waals surface area (Å²) in [5.74, 6) is -0.395. The highest BCUT2D eigenvalue weighted by molar-refractivity contribution is 5.77. The number of hydrogen-bond donors (Lipinski definition) is 0. The molecule has 1 unspecified atom stereocenters. The van der Waals surface area contributed by atoms with E-state index in [4.69, 9.17) is 4.74 Å². The summed E-state index contributed by atoms with van der Waals surface area (Å²) in [6.45, 7) is 9.13. The lowest BCUT2D eigenvalue weighted by atomic mass is 9.94. The van der Waals surface area contributed by atoms with Crippen molar-refractivity contribution in [1.82, 2.24) is 4.90 Å². The first-order valence-corrected chi connectivity index (χ1v) is 8.25. The second kappa shape index (κ2) is 7.49. The van der Waals surface area contributed by atoms with Gasteiger partial charge >= 0.3 is 5.97 Å². The van der Waals surface area contributed by atoms with E-state index in [-0.39, 0.29) is 23.5 Å². The Morgan fingerprint density at radius 1 is 1.22 bits per heavy atom. The van der Waals surface area contributed by atoms with Crippen LogP contribution in [0, 0.1) is 0 Å². The zero-order valence-corrected chi connectivity index (χ0v) is 14.5. The van der Waals surface area contributed by atoms with Crippen LogP contribution in [0.15, 0.2) is 54.8 Å². The van der Waals surface area contributed by atoms with Gasteiger partial charge in [0.15, 0.2) is 0 Å². The van der Waals surface area contributed by atoms with Gasteiger partial charge in [0.2, 0.25) is 0 Å². The summed E-state index contributed by atoms with van der Waals surface area (Å²) in [6, 6.07) is 9.77. The van der Waals surface area contributed by atoms with Gasteiger partial charge in [0, 0.05) is 18.5 Å². The third-order valence-electron chi connectivity index (χ3n) is 4.35. The molecule has 1 aromatic rings. The smallest absolute Gasteiger partial charge is 0.313 e. The van der Waals surface area contributed by atoms with Gasteiger partial charge in [-0.1, -0.05) is 42.5 Å². The Morgan fingerprint density at radius 2 is 1.91 bits per heavy atom. The SMILES string of the molecule is CC(CC(C)(C)N1C=CC=CC1)OC(=O)[C@H](C)c1ccccc1. The van der Waals surface area contributed by atoms with Crippen molar-refractivity contribution in [2.24, 2.45) is 0 Å². The summed E-state index contributed by atoms with van der Waals surface area (Å²) in [5.41, 5.74) is 0.935. The third-order valence-corrected chi connectivity index (χ3v) is 4.35. The lowest BCUT2D eigenvalue weighted by molar-refractivity contribution is -0.151. The Bertz CT molecular complexity index is 575. The fraction of sp³-hybridized carbons (Fsp3) is 0.450. The van der Waals surface area contributed by atoms with Crippen LogP contribution in [0.3, 0.4) is 0 Å². The molecule has 0 bridgehead atoms. The van der Waals surface area contributed by atoms with Crippen LogP contribution in [-0.2, 0) is 9.53 Å². The fourth-order valence-corrected chi connectivity index (χ4v) is 2.96. The van der Waals surface area contributed by atoms with Gasteiger partial charge in [-0.25, -0.2) is 0 Å². The molecule has 2 rings (SSSR count). The number of carbonyl (C=O) groups excluding carboxylic acids is 1. The number of ether oxygens (including phenoxy) is 1. The molecule has 1 aliphatic rings. The van der Waals surface area contributed by atoms with Crippen molar-refractivity contribution in [1.29, 1.82) is 0 Å². The Labute approximate surface area is 139 Å². The van der Waals surface area contributed by atoms with Gasteiger partial charge in [0.25, 0.3) is 0 Å². The molecule has 0 radical (unpaired) electrons. The number of esters is 1. The summed E-state index contributed by atoms with van der Waals surface area (Å²) in [7, 11) is 0. The molecule has 2 atom stereocenters. The molecule has 0 saturated heterocycles. The maximum Gasteiger partial charge on any atom is 0.313 e. The second-order valence-corrected chi connectivity index (χ2v) is 6.82. The highest BCUT2D eigenvalue weighted by Gasteiger charge is 2.29. The van der Waals surface area contributed by atoms with Gasteiger partial charge in [-0.15, -0.1) is 0 Å². The average Bonchev–Trinajstić information content (AvgIpc) is 2.55. The van der Waals surface area contributed by atoms with Gasteiger partial charge < -0.3 is 9.64 Å².